The fraction of sp³-hybridized carbons (Fsp3) is 0.385. The Morgan fingerprint density at radius 1 is 1.30 bits per heavy atom. The molecule has 0 spiro atoms. The lowest BCUT2D eigenvalue weighted by molar-refractivity contribution is 0.286. The van der Waals surface area contributed by atoms with Gasteiger partial charge < -0.3 is 16.2 Å². The Labute approximate surface area is 116 Å². The highest BCUT2D eigenvalue weighted by molar-refractivity contribution is 5.82. The van der Waals surface area contributed by atoms with E-state index in [9.17, 15) is 8.78 Å². The Balaban J connectivity index is 2.81. The van der Waals surface area contributed by atoms with Gasteiger partial charge in [0.05, 0.1) is 12.8 Å². The third kappa shape index (κ3) is 5.21. The number of guanidine groups is 1. The Hall–Kier alpha value is -2.18. The van der Waals surface area contributed by atoms with Crippen molar-refractivity contribution in [3.8, 4) is 5.75 Å². The number of rotatable bonds is 7. The maximum Gasteiger partial charge on any atom is 0.211 e. The van der Waals surface area contributed by atoms with Crippen molar-refractivity contribution in [3.05, 3.63) is 29.3 Å². The van der Waals surface area contributed by atoms with Crippen LogP contribution in [-0.4, -0.2) is 18.8 Å². The molecule has 0 aliphatic rings. The van der Waals surface area contributed by atoms with Gasteiger partial charge in [-0.3, -0.25) is 0 Å². The second-order valence-corrected chi connectivity index (χ2v) is 4.14. The normalized spacial score (nSPS) is 10.8. The van der Waals surface area contributed by atoms with E-state index in [1.807, 2.05) is 6.92 Å². The van der Waals surface area contributed by atoms with Gasteiger partial charge in [0.25, 0.3) is 0 Å². The summed E-state index contributed by atoms with van der Waals surface area (Å²) < 4.78 is 32.2. The molecule has 5 nitrogen and oxygen atoms in total. The molecule has 20 heavy (non-hydrogen) atoms. The first-order chi connectivity index (χ1) is 9.54. The first-order valence-corrected chi connectivity index (χ1v) is 6.28. The quantitative estimate of drug-likeness (QED) is 0.348. The van der Waals surface area contributed by atoms with Gasteiger partial charge in [0, 0.05) is 5.56 Å². The molecule has 0 unspecified atom stereocenters. The van der Waals surface area contributed by atoms with Gasteiger partial charge in [-0.25, -0.2) is 4.39 Å². The summed E-state index contributed by atoms with van der Waals surface area (Å²) in [5, 5.41) is 6.90. The van der Waals surface area contributed by atoms with Crippen LogP contribution in [0.1, 0.15) is 31.7 Å². The molecule has 0 fully saturated rings. The number of hydrogen-bond acceptors (Lipinski definition) is 3. The molecule has 0 bridgehead atoms. The van der Waals surface area contributed by atoms with Gasteiger partial charge >= 0.3 is 0 Å². The lowest BCUT2D eigenvalue weighted by Gasteiger charge is -2.08. The third-order valence-electron chi connectivity index (χ3n) is 2.40. The molecule has 0 heterocycles. The van der Waals surface area contributed by atoms with Crippen molar-refractivity contribution in [3.63, 3.8) is 0 Å². The van der Waals surface area contributed by atoms with Crippen LogP contribution in [0.5, 0.6) is 5.75 Å². The van der Waals surface area contributed by atoms with Crippen molar-refractivity contribution in [2.45, 2.75) is 26.2 Å². The minimum atomic E-state index is -1.01. The summed E-state index contributed by atoms with van der Waals surface area (Å²) >= 11 is 0. The molecule has 0 radical (unpaired) electrons. The number of nitrogens with two attached hydrogens (primary N) is 2. The summed E-state index contributed by atoms with van der Waals surface area (Å²) in [5.74, 6) is -2.39. The number of halogens is 2. The number of nitrogens with zero attached hydrogens (tertiary/aromatic N) is 2. The zero-order valence-electron chi connectivity index (χ0n) is 11.3. The Bertz CT molecular complexity index is 499. The molecule has 0 amide bonds. The fourth-order valence-corrected chi connectivity index (χ4v) is 1.46. The van der Waals surface area contributed by atoms with Crippen molar-refractivity contribution in [2.24, 2.45) is 21.7 Å². The highest BCUT2D eigenvalue weighted by Crippen LogP contribution is 2.22. The second kappa shape index (κ2) is 8.08. The van der Waals surface area contributed by atoms with Crippen LogP contribution >= 0.6 is 0 Å². The van der Waals surface area contributed by atoms with Crippen molar-refractivity contribution in [1.29, 1.82) is 0 Å². The van der Waals surface area contributed by atoms with E-state index in [0.717, 1.165) is 25.3 Å². The number of benzene rings is 1. The number of hydrogen-bond donors (Lipinski definition) is 2. The zero-order chi connectivity index (χ0) is 15.0. The van der Waals surface area contributed by atoms with Crippen LogP contribution in [0.2, 0.25) is 0 Å². The number of unbranched alkanes of at least 4 members (excludes halogenated alkanes) is 2. The molecule has 4 N–H and O–H groups in total. The Kier molecular flexibility index (Phi) is 6.42. The van der Waals surface area contributed by atoms with Crippen LogP contribution in [0.25, 0.3) is 0 Å². The highest BCUT2D eigenvalue weighted by atomic mass is 19.2. The van der Waals surface area contributed by atoms with E-state index in [-0.39, 0.29) is 11.7 Å². The molecule has 1 aromatic carbocycles. The highest BCUT2D eigenvalue weighted by Gasteiger charge is 2.11. The van der Waals surface area contributed by atoms with E-state index in [1.165, 1.54) is 12.3 Å². The monoisotopic (exact) mass is 284 g/mol. The molecule has 0 aliphatic heterocycles. The summed E-state index contributed by atoms with van der Waals surface area (Å²) in [5.41, 5.74) is 10.5. The lowest BCUT2D eigenvalue weighted by atomic mass is 10.2. The minimum absolute atomic E-state index is 0.146. The number of ether oxygens (including phenoxy) is 1. The smallest absolute Gasteiger partial charge is 0.211 e. The summed E-state index contributed by atoms with van der Waals surface area (Å²) in [6.45, 7) is 2.37. The Morgan fingerprint density at radius 2 is 2.05 bits per heavy atom. The molecule has 0 saturated carbocycles. The van der Waals surface area contributed by atoms with Crippen LogP contribution in [-0.2, 0) is 0 Å². The molecule has 1 aromatic rings. The fourth-order valence-electron chi connectivity index (χ4n) is 1.46. The SMILES string of the molecule is CCCCCOc1cc(C=NN=C(N)N)cc(F)c1F. The Morgan fingerprint density at radius 3 is 2.70 bits per heavy atom. The van der Waals surface area contributed by atoms with E-state index in [1.54, 1.807) is 0 Å². The van der Waals surface area contributed by atoms with Crippen molar-refractivity contribution in [1.82, 2.24) is 0 Å². The molecule has 0 atom stereocenters. The van der Waals surface area contributed by atoms with Crippen molar-refractivity contribution in [2.75, 3.05) is 6.61 Å². The van der Waals surface area contributed by atoms with Gasteiger partial charge in [0.15, 0.2) is 11.6 Å². The van der Waals surface area contributed by atoms with E-state index in [0.29, 0.717) is 12.2 Å². The molecule has 0 aliphatic carbocycles. The van der Waals surface area contributed by atoms with Crippen LogP contribution < -0.4 is 16.2 Å². The zero-order valence-corrected chi connectivity index (χ0v) is 11.3. The van der Waals surface area contributed by atoms with Gasteiger partial charge in [0.2, 0.25) is 11.8 Å². The summed E-state index contributed by atoms with van der Waals surface area (Å²) in [6.07, 6.45) is 3.98. The summed E-state index contributed by atoms with van der Waals surface area (Å²) in [6, 6.07) is 2.33. The maximum atomic E-state index is 13.5. The first-order valence-electron chi connectivity index (χ1n) is 6.28. The topological polar surface area (TPSA) is 86.0 Å². The van der Waals surface area contributed by atoms with Crippen molar-refractivity contribution >= 4 is 12.2 Å². The van der Waals surface area contributed by atoms with Gasteiger partial charge in [-0.1, -0.05) is 19.8 Å². The minimum Gasteiger partial charge on any atom is -0.490 e. The van der Waals surface area contributed by atoms with Gasteiger partial charge in [0.1, 0.15) is 0 Å². The maximum absolute atomic E-state index is 13.5. The van der Waals surface area contributed by atoms with Crippen LogP contribution in [0, 0.1) is 11.6 Å². The third-order valence-corrected chi connectivity index (χ3v) is 2.40. The predicted octanol–water partition coefficient (Wildman–Crippen LogP) is 2.14. The van der Waals surface area contributed by atoms with Crippen LogP contribution in [0.15, 0.2) is 22.3 Å². The average molecular weight is 284 g/mol. The molecular weight excluding hydrogens is 266 g/mol. The van der Waals surface area contributed by atoms with E-state index in [2.05, 4.69) is 10.2 Å². The first kappa shape index (κ1) is 15.9. The summed E-state index contributed by atoms with van der Waals surface area (Å²) in [4.78, 5) is 0. The molecule has 7 heteroatoms. The molecule has 1 rings (SSSR count). The van der Waals surface area contributed by atoms with Gasteiger partial charge in [-0.15, -0.1) is 5.10 Å². The average Bonchev–Trinajstić information content (AvgIpc) is 2.39. The predicted molar refractivity (Wildman–Crippen MR) is 74.8 cm³/mol. The molecule has 0 saturated heterocycles. The van der Waals surface area contributed by atoms with Crippen molar-refractivity contribution < 1.29 is 13.5 Å². The van der Waals surface area contributed by atoms with Gasteiger partial charge in [-0.2, -0.15) is 9.49 Å². The molecular formula is C13H18F2N4O. The standard InChI is InChI=1S/C13H18F2N4O/c1-2-3-4-5-20-11-7-9(6-10(14)12(11)15)8-18-19-13(16)17/h6-8H,2-5H2,1H3,(H4,16,17,19). The largest absolute Gasteiger partial charge is 0.490 e. The van der Waals surface area contributed by atoms with E-state index >= 15 is 0 Å². The van der Waals surface area contributed by atoms with E-state index in [4.69, 9.17) is 16.2 Å². The second-order valence-electron chi connectivity index (χ2n) is 4.14. The molecule has 110 valence electrons. The van der Waals surface area contributed by atoms with Crippen LogP contribution in [0.4, 0.5) is 8.78 Å². The van der Waals surface area contributed by atoms with E-state index < -0.39 is 11.6 Å². The summed E-state index contributed by atoms with van der Waals surface area (Å²) in [7, 11) is 0. The lowest BCUT2D eigenvalue weighted by Crippen LogP contribution is -2.21. The van der Waals surface area contributed by atoms with Crippen LogP contribution in [0.3, 0.4) is 0 Å². The molecule has 0 aromatic heterocycles. The van der Waals surface area contributed by atoms with Gasteiger partial charge in [-0.05, 0) is 18.6 Å².